The van der Waals surface area contributed by atoms with Crippen molar-refractivity contribution in [3.05, 3.63) is 12.0 Å². The molecule has 9 heavy (non-hydrogen) atoms. The topological polar surface area (TPSA) is 0 Å². The van der Waals surface area contributed by atoms with E-state index in [1.165, 1.54) is 0 Å². The van der Waals surface area contributed by atoms with Crippen LogP contribution in [-0.2, 0) is 10.9 Å². The first kappa shape index (κ1) is 9.09. The molecule has 0 N–H and O–H groups in total. The molecule has 0 atom stereocenters. The van der Waals surface area contributed by atoms with Gasteiger partial charge in [-0.25, -0.2) is 0 Å². The Bertz CT molecular complexity index is 76.6. The Labute approximate surface area is 61.7 Å². The molecular weight excluding hydrogens is 128 g/mol. The fraction of sp³-hybridized carbons (Fsp3) is 0.750. The highest BCUT2D eigenvalue weighted by Gasteiger charge is 2.22. The summed E-state index contributed by atoms with van der Waals surface area (Å²) in [6.45, 7) is 12.8. The van der Waals surface area contributed by atoms with Crippen molar-refractivity contribution in [2.75, 3.05) is 0 Å². The van der Waals surface area contributed by atoms with Crippen LogP contribution in [0.3, 0.4) is 0 Å². The van der Waals surface area contributed by atoms with Crippen LogP contribution in [0.2, 0.25) is 0 Å². The van der Waals surface area contributed by atoms with Crippen LogP contribution in [0.1, 0.15) is 27.7 Å². The summed E-state index contributed by atoms with van der Waals surface area (Å²) in [7, 11) is 0.429. The second kappa shape index (κ2) is 3.99. The summed E-state index contributed by atoms with van der Waals surface area (Å²) in [5.74, 6) is 0. The van der Waals surface area contributed by atoms with E-state index >= 15 is 0 Å². The molecular formula is C8H17S+. The van der Waals surface area contributed by atoms with Crippen LogP contribution in [0.25, 0.3) is 0 Å². The van der Waals surface area contributed by atoms with Crippen molar-refractivity contribution in [3.8, 4) is 0 Å². The van der Waals surface area contributed by atoms with E-state index in [1.54, 1.807) is 0 Å². The largest absolute Gasteiger partial charge is 0.117 e. The summed E-state index contributed by atoms with van der Waals surface area (Å²) in [6.07, 6.45) is 0. The SMILES string of the molecule is C=C[S+](C(C)C)C(C)C. The van der Waals surface area contributed by atoms with Gasteiger partial charge in [0.15, 0.2) is 0 Å². The van der Waals surface area contributed by atoms with Crippen molar-refractivity contribution in [1.82, 2.24) is 0 Å². The van der Waals surface area contributed by atoms with Gasteiger partial charge >= 0.3 is 0 Å². The van der Waals surface area contributed by atoms with Gasteiger partial charge < -0.3 is 0 Å². The van der Waals surface area contributed by atoms with Crippen LogP contribution in [0.5, 0.6) is 0 Å². The Morgan fingerprint density at radius 1 is 1.11 bits per heavy atom. The van der Waals surface area contributed by atoms with E-state index in [-0.39, 0.29) is 0 Å². The summed E-state index contributed by atoms with van der Waals surface area (Å²) in [4.78, 5) is 0. The normalized spacial score (nSPS) is 11.4. The van der Waals surface area contributed by atoms with Gasteiger partial charge in [0.1, 0.15) is 15.9 Å². The molecule has 0 unspecified atom stereocenters. The first-order chi connectivity index (χ1) is 4.09. The van der Waals surface area contributed by atoms with E-state index < -0.39 is 0 Å². The van der Waals surface area contributed by atoms with Crippen LogP contribution in [0, 0.1) is 0 Å². The van der Waals surface area contributed by atoms with Crippen LogP contribution >= 0.6 is 0 Å². The Hall–Kier alpha value is 0.0900. The van der Waals surface area contributed by atoms with Crippen molar-refractivity contribution in [2.45, 2.75) is 38.2 Å². The van der Waals surface area contributed by atoms with Crippen LogP contribution in [0.15, 0.2) is 12.0 Å². The van der Waals surface area contributed by atoms with E-state index in [2.05, 4.69) is 39.7 Å². The minimum atomic E-state index is 0.429. The summed E-state index contributed by atoms with van der Waals surface area (Å²) in [6, 6.07) is 0. The fourth-order valence-electron chi connectivity index (χ4n) is 0.929. The highest BCUT2D eigenvalue weighted by Crippen LogP contribution is 2.12. The second-order valence-electron chi connectivity index (χ2n) is 2.67. The zero-order valence-corrected chi connectivity index (χ0v) is 7.66. The highest BCUT2D eigenvalue weighted by molar-refractivity contribution is 8.00. The molecule has 0 rings (SSSR count). The average Bonchev–Trinajstić information content (AvgIpc) is 1.64. The van der Waals surface area contributed by atoms with E-state index in [0.717, 1.165) is 10.5 Å². The third kappa shape index (κ3) is 2.95. The molecule has 0 bridgehead atoms. The molecule has 0 aliphatic carbocycles. The van der Waals surface area contributed by atoms with Crippen molar-refractivity contribution < 1.29 is 0 Å². The van der Waals surface area contributed by atoms with Crippen molar-refractivity contribution in [1.29, 1.82) is 0 Å². The first-order valence-electron chi connectivity index (χ1n) is 3.42. The lowest BCUT2D eigenvalue weighted by Crippen LogP contribution is -2.21. The van der Waals surface area contributed by atoms with Crippen LogP contribution < -0.4 is 0 Å². The molecule has 0 aliphatic rings. The predicted molar refractivity (Wildman–Crippen MR) is 47.8 cm³/mol. The van der Waals surface area contributed by atoms with E-state index in [4.69, 9.17) is 0 Å². The number of hydrogen-bond acceptors (Lipinski definition) is 0. The smallest absolute Gasteiger partial charge is 0.0512 e. The standard InChI is InChI=1S/C8H17S/c1-6-9(7(2)3)8(4)5/h6-8H,1H2,2-5H3/q+1. The Balaban J connectivity index is 3.82. The molecule has 0 saturated heterocycles. The minimum absolute atomic E-state index is 0.429. The van der Waals surface area contributed by atoms with Gasteiger partial charge in [0.25, 0.3) is 0 Å². The highest BCUT2D eigenvalue weighted by atomic mass is 32.2. The summed E-state index contributed by atoms with van der Waals surface area (Å²) in [5.41, 5.74) is 0. The van der Waals surface area contributed by atoms with Crippen LogP contribution in [0.4, 0.5) is 0 Å². The minimum Gasteiger partial charge on any atom is -0.0512 e. The van der Waals surface area contributed by atoms with Gasteiger partial charge in [-0.3, -0.25) is 0 Å². The summed E-state index contributed by atoms with van der Waals surface area (Å²) < 4.78 is 0. The van der Waals surface area contributed by atoms with Crippen LogP contribution in [-0.4, -0.2) is 10.5 Å². The monoisotopic (exact) mass is 145 g/mol. The van der Waals surface area contributed by atoms with Gasteiger partial charge in [0.05, 0.1) is 0 Å². The Morgan fingerprint density at radius 2 is 1.44 bits per heavy atom. The Kier molecular flexibility index (Phi) is 4.03. The van der Waals surface area contributed by atoms with Crippen molar-refractivity contribution in [3.63, 3.8) is 0 Å². The fourth-order valence-corrected chi connectivity index (χ4v) is 2.79. The third-order valence-electron chi connectivity index (χ3n) is 1.28. The molecule has 0 aliphatic heterocycles. The molecule has 0 nitrogen and oxygen atoms in total. The lowest BCUT2D eigenvalue weighted by molar-refractivity contribution is 1.03. The summed E-state index contributed by atoms with van der Waals surface area (Å²) >= 11 is 0. The molecule has 0 spiro atoms. The second-order valence-corrected chi connectivity index (χ2v) is 5.71. The van der Waals surface area contributed by atoms with Gasteiger partial charge in [-0.2, -0.15) is 0 Å². The van der Waals surface area contributed by atoms with Gasteiger partial charge in [0.2, 0.25) is 0 Å². The van der Waals surface area contributed by atoms with E-state index in [0.29, 0.717) is 10.9 Å². The summed E-state index contributed by atoms with van der Waals surface area (Å²) in [5, 5.41) is 3.62. The molecule has 1 heteroatoms. The van der Waals surface area contributed by atoms with E-state index in [9.17, 15) is 0 Å². The quantitative estimate of drug-likeness (QED) is 0.535. The van der Waals surface area contributed by atoms with Crippen molar-refractivity contribution >= 4 is 10.9 Å². The zero-order valence-electron chi connectivity index (χ0n) is 6.85. The van der Waals surface area contributed by atoms with Gasteiger partial charge in [-0.1, -0.05) is 6.58 Å². The maximum atomic E-state index is 3.82. The Morgan fingerprint density at radius 3 is 1.44 bits per heavy atom. The van der Waals surface area contributed by atoms with Gasteiger partial charge in [0, 0.05) is 10.9 Å². The molecule has 0 aromatic heterocycles. The molecule has 0 heterocycles. The predicted octanol–water partition coefficient (Wildman–Crippen LogP) is 2.57. The molecule has 0 saturated carbocycles. The van der Waals surface area contributed by atoms with Crippen molar-refractivity contribution in [2.24, 2.45) is 0 Å². The molecule has 0 amide bonds. The molecule has 0 fully saturated rings. The zero-order chi connectivity index (χ0) is 7.44. The van der Waals surface area contributed by atoms with E-state index in [1.807, 2.05) is 0 Å². The molecule has 0 radical (unpaired) electrons. The number of rotatable bonds is 3. The van der Waals surface area contributed by atoms with Gasteiger partial charge in [-0.05, 0) is 27.7 Å². The maximum absolute atomic E-state index is 3.82. The molecule has 0 aromatic rings. The number of hydrogen-bond donors (Lipinski definition) is 0. The lowest BCUT2D eigenvalue weighted by atomic mass is 10.5. The molecule has 54 valence electrons. The first-order valence-corrected chi connectivity index (χ1v) is 4.84. The van der Waals surface area contributed by atoms with Gasteiger partial charge in [-0.15, -0.1) is 0 Å². The maximum Gasteiger partial charge on any atom is 0.117 e. The third-order valence-corrected chi connectivity index (χ3v) is 3.84. The lowest BCUT2D eigenvalue weighted by Gasteiger charge is -2.09. The average molecular weight is 145 g/mol. The molecule has 0 aromatic carbocycles.